The van der Waals surface area contributed by atoms with Gasteiger partial charge in [-0.2, -0.15) is 9.55 Å². The van der Waals surface area contributed by atoms with Crippen LogP contribution in [-0.4, -0.2) is 14.5 Å². The monoisotopic (exact) mass is 268 g/mol. The Morgan fingerprint density at radius 2 is 2.10 bits per heavy atom. The molecule has 3 N–H and O–H groups in total. The molecule has 100 valence electrons. The van der Waals surface area contributed by atoms with Crippen molar-refractivity contribution < 1.29 is 4.57 Å². The van der Waals surface area contributed by atoms with E-state index in [9.17, 15) is 4.79 Å². The van der Waals surface area contributed by atoms with Crippen molar-refractivity contribution in [3.8, 4) is 5.82 Å². The molecule has 0 aliphatic rings. The number of benzene rings is 1. The largest absolute Gasteiger partial charge is 0.369 e. The minimum Gasteiger partial charge on any atom is -0.369 e. The van der Waals surface area contributed by atoms with Crippen LogP contribution in [0, 0.1) is 0 Å². The van der Waals surface area contributed by atoms with Crippen LogP contribution in [0.2, 0.25) is 0 Å². The van der Waals surface area contributed by atoms with Gasteiger partial charge in [-0.25, -0.2) is 4.57 Å². The summed E-state index contributed by atoms with van der Waals surface area (Å²) in [5.74, 6) is 0.605. The van der Waals surface area contributed by atoms with Crippen molar-refractivity contribution in [3.05, 3.63) is 71.0 Å². The molecule has 6 nitrogen and oxygen atoms in total. The normalized spacial score (nSPS) is 10.6. The molecule has 0 spiro atoms. The molecular weight excluding hydrogens is 254 g/mol. The van der Waals surface area contributed by atoms with Crippen molar-refractivity contribution in [1.29, 1.82) is 0 Å². The first-order chi connectivity index (χ1) is 9.70. The number of nitrogens with two attached hydrogens (primary N) is 1. The van der Waals surface area contributed by atoms with E-state index in [1.54, 1.807) is 4.57 Å². The smallest absolute Gasteiger partial charge is 0.256 e. The summed E-state index contributed by atoms with van der Waals surface area (Å²) in [5, 5.41) is 0. The van der Waals surface area contributed by atoms with Gasteiger partial charge in [0.25, 0.3) is 11.9 Å². The molecule has 6 heteroatoms. The molecule has 0 unspecified atom stereocenters. The summed E-state index contributed by atoms with van der Waals surface area (Å²) in [4.78, 5) is 17.9. The van der Waals surface area contributed by atoms with E-state index in [4.69, 9.17) is 5.73 Å². The van der Waals surface area contributed by atoms with Crippen LogP contribution in [0.5, 0.6) is 0 Å². The molecule has 3 aromatic rings. The fraction of sp³-hybridized carbons (Fsp3) is 0.0714. The highest BCUT2D eigenvalue weighted by Crippen LogP contribution is 2.02. The lowest BCUT2D eigenvalue weighted by Crippen LogP contribution is -2.31. The molecule has 2 aromatic heterocycles. The summed E-state index contributed by atoms with van der Waals surface area (Å²) in [6.45, 7) is 0.756. The average Bonchev–Trinajstić information content (AvgIpc) is 2.87. The quantitative estimate of drug-likeness (QED) is 0.678. The van der Waals surface area contributed by atoms with Crippen LogP contribution in [0.3, 0.4) is 0 Å². The van der Waals surface area contributed by atoms with E-state index in [0.717, 1.165) is 6.54 Å². The maximum absolute atomic E-state index is 11.4. The van der Waals surface area contributed by atoms with Crippen molar-refractivity contribution in [2.75, 3.05) is 5.73 Å². The Bertz CT molecular complexity index is 776. The number of hydrogen-bond donors (Lipinski definition) is 2. The lowest BCUT2D eigenvalue weighted by atomic mass is 10.2. The third kappa shape index (κ3) is 2.59. The third-order valence-corrected chi connectivity index (χ3v) is 2.91. The van der Waals surface area contributed by atoms with Gasteiger partial charge < -0.3 is 5.73 Å². The number of aromatic amines is 1. The van der Waals surface area contributed by atoms with Gasteiger partial charge in [-0.15, -0.1) is 0 Å². The van der Waals surface area contributed by atoms with Crippen molar-refractivity contribution in [1.82, 2.24) is 14.5 Å². The number of aromatic nitrogens is 4. The maximum Gasteiger partial charge on any atom is 0.256 e. The van der Waals surface area contributed by atoms with E-state index in [1.807, 2.05) is 41.5 Å². The number of H-pyrrole nitrogens is 1. The van der Waals surface area contributed by atoms with Gasteiger partial charge in [-0.3, -0.25) is 9.78 Å². The topological polar surface area (TPSA) is 80.6 Å². The Morgan fingerprint density at radius 1 is 1.30 bits per heavy atom. The van der Waals surface area contributed by atoms with Crippen LogP contribution in [0.25, 0.3) is 5.82 Å². The molecule has 0 atom stereocenters. The minimum atomic E-state index is -0.268. The standard InChI is InChI=1S/C14H13N5O/c15-14-16-12(8-13(20)17-14)19-7-6-18(10-19)9-11-4-2-1-3-5-11/h1-8,10H,9H2,(H2-,15,16,17,20)/p+1. The SMILES string of the molecule is Nc1nc(-n2cc[n+](Cc3ccccc3)c2)cc(=O)[nH]1. The first-order valence-electron chi connectivity index (χ1n) is 6.19. The van der Waals surface area contributed by atoms with Gasteiger partial charge in [0.15, 0.2) is 0 Å². The lowest BCUT2D eigenvalue weighted by molar-refractivity contribution is -0.687. The summed E-state index contributed by atoms with van der Waals surface area (Å²) < 4.78 is 3.77. The predicted molar refractivity (Wildman–Crippen MR) is 74.3 cm³/mol. The number of rotatable bonds is 3. The highest BCUT2D eigenvalue weighted by Gasteiger charge is 2.09. The molecule has 2 heterocycles. The lowest BCUT2D eigenvalue weighted by Gasteiger charge is -1.97. The second-order valence-electron chi connectivity index (χ2n) is 4.47. The zero-order valence-electron chi connectivity index (χ0n) is 10.7. The van der Waals surface area contributed by atoms with E-state index in [0.29, 0.717) is 5.82 Å². The third-order valence-electron chi connectivity index (χ3n) is 2.91. The van der Waals surface area contributed by atoms with Crippen LogP contribution in [0.4, 0.5) is 5.95 Å². The van der Waals surface area contributed by atoms with Crippen molar-refractivity contribution in [3.63, 3.8) is 0 Å². The Kier molecular flexibility index (Phi) is 3.04. The molecule has 3 rings (SSSR count). The Labute approximate surface area is 115 Å². The van der Waals surface area contributed by atoms with E-state index >= 15 is 0 Å². The van der Waals surface area contributed by atoms with Crippen LogP contribution in [0.15, 0.2) is 59.9 Å². The second kappa shape index (κ2) is 5.00. The first kappa shape index (κ1) is 12.2. The first-order valence-corrected chi connectivity index (χ1v) is 6.19. The molecule has 0 aliphatic carbocycles. The number of hydrogen-bond acceptors (Lipinski definition) is 3. The van der Waals surface area contributed by atoms with Gasteiger partial charge in [0.2, 0.25) is 11.8 Å². The second-order valence-corrected chi connectivity index (χ2v) is 4.47. The molecular formula is C14H14N5O+. The number of nitrogens with zero attached hydrogens (tertiary/aromatic N) is 3. The van der Waals surface area contributed by atoms with Crippen LogP contribution < -0.4 is 15.9 Å². The molecule has 0 amide bonds. The molecule has 0 saturated heterocycles. The van der Waals surface area contributed by atoms with Crippen molar-refractivity contribution >= 4 is 5.95 Å². The van der Waals surface area contributed by atoms with Gasteiger partial charge in [0, 0.05) is 0 Å². The zero-order chi connectivity index (χ0) is 13.9. The summed E-state index contributed by atoms with van der Waals surface area (Å²) in [6.07, 6.45) is 5.63. The summed E-state index contributed by atoms with van der Waals surface area (Å²) in [6, 6.07) is 11.5. The molecule has 20 heavy (non-hydrogen) atoms. The fourth-order valence-electron chi connectivity index (χ4n) is 2.01. The number of nitrogens with one attached hydrogen (secondary N) is 1. The molecule has 0 bridgehead atoms. The van der Waals surface area contributed by atoms with Gasteiger partial charge in [0.05, 0.1) is 6.07 Å². The van der Waals surface area contributed by atoms with Gasteiger partial charge in [-0.05, 0) is 5.56 Å². The molecule has 1 aromatic carbocycles. The Morgan fingerprint density at radius 3 is 2.85 bits per heavy atom. The highest BCUT2D eigenvalue weighted by molar-refractivity contribution is 5.27. The average molecular weight is 268 g/mol. The van der Waals surface area contributed by atoms with Crippen LogP contribution >= 0.6 is 0 Å². The van der Waals surface area contributed by atoms with E-state index in [-0.39, 0.29) is 11.5 Å². The van der Waals surface area contributed by atoms with Crippen molar-refractivity contribution in [2.45, 2.75) is 6.54 Å². The summed E-state index contributed by atoms with van der Waals surface area (Å²) in [5.41, 5.74) is 6.48. The van der Waals surface area contributed by atoms with Gasteiger partial charge in [0.1, 0.15) is 18.9 Å². The van der Waals surface area contributed by atoms with E-state index in [1.165, 1.54) is 11.6 Å². The molecule has 0 radical (unpaired) electrons. The van der Waals surface area contributed by atoms with Crippen molar-refractivity contribution in [2.24, 2.45) is 0 Å². The van der Waals surface area contributed by atoms with E-state index < -0.39 is 0 Å². The number of anilines is 1. The number of imidazole rings is 1. The predicted octanol–water partition coefficient (Wildman–Crippen LogP) is 0.479. The summed E-state index contributed by atoms with van der Waals surface area (Å²) >= 11 is 0. The molecule has 0 saturated carbocycles. The zero-order valence-corrected chi connectivity index (χ0v) is 10.7. The van der Waals surface area contributed by atoms with Gasteiger partial charge in [-0.1, -0.05) is 30.3 Å². The summed E-state index contributed by atoms with van der Waals surface area (Å²) in [7, 11) is 0. The minimum absolute atomic E-state index is 0.107. The Hall–Kier alpha value is -2.89. The Balaban J connectivity index is 1.88. The van der Waals surface area contributed by atoms with Crippen LogP contribution in [-0.2, 0) is 6.54 Å². The fourth-order valence-corrected chi connectivity index (χ4v) is 2.01. The maximum atomic E-state index is 11.4. The highest BCUT2D eigenvalue weighted by atomic mass is 16.1. The van der Waals surface area contributed by atoms with E-state index in [2.05, 4.69) is 22.1 Å². The van der Waals surface area contributed by atoms with Gasteiger partial charge >= 0.3 is 0 Å². The molecule has 0 fully saturated rings. The van der Waals surface area contributed by atoms with Crippen LogP contribution in [0.1, 0.15) is 5.56 Å². The number of nitrogen functional groups attached to an aromatic ring is 1. The molecule has 0 aliphatic heterocycles.